The van der Waals surface area contributed by atoms with Crippen LogP contribution in [0.15, 0.2) is 71.1 Å². The molecule has 0 bridgehead atoms. The zero-order chi connectivity index (χ0) is 16.9. The summed E-state index contributed by atoms with van der Waals surface area (Å²) < 4.78 is 5.49. The molecule has 0 fully saturated rings. The molecule has 1 amide bonds. The van der Waals surface area contributed by atoms with E-state index in [0.717, 1.165) is 5.56 Å². The summed E-state index contributed by atoms with van der Waals surface area (Å²) in [5.74, 6) is 0.0231. The summed E-state index contributed by atoms with van der Waals surface area (Å²) >= 11 is 0. The molecule has 3 aromatic rings. The van der Waals surface area contributed by atoms with Gasteiger partial charge in [0.2, 0.25) is 0 Å². The summed E-state index contributed by atoms with van der Waals surface area (Å²) in [5.41, 5.74) is 1.24. The molecule has 6 nitrogen and oxygen atoms in total. The number of nitro groups is 1. The molecule has 2 aromatic carbocycles. The Morgan fingerprint density at radius 3 is 2.46 bits per heavy atom. The number of rotatable bonds is 5. The number of para-hydroxylation sites is 1. The van der Waals surface area contributed by atoms with Gasteiger partial charge in [-0.25, -0.2) is 0 Å². The van der Waals surface area contributed by atoms with E-state index in [9.17, 15) is 14.9 Å². The molecule has 0 spiro atoms. The molecule has 0 unspecified atom stereocenters. The predicted octanol–water partition coefficient (Wildman–Crippen LogP) is 3.78. The van der Waals surface area contributed by atoms with Crippen molar-refractivity contribution >= 4 is 11.6 Å². The van der Waals surface area contributed by atoms with Gasteiger partial charge in [0.05, 0.1) is 10.5 Å². The topological polar surface area (TPSA) is 85.4 Å². The van der Waals surface area contributed by atoms with E-state index in [1.165, 1.54) is 12.1 Å². The molecule has 1 aromatic heterocycles. The molecule has 120 valence electrons. The third-order valence-corrected chi connectivity index (χ3v) is 3.49. The number of amides is 1. The van der Waals surface area contributed by atoms with Gasteiger partial charge in [0.15, 0.2) is 5.76 Å². The van der Waals surface area contributed by atoms with Crippen LogP contribution in [0.1, 0.15) is 16.1 Å². The van der Waals surface area contributed by atoms with Crippen molar-refractivity contribution in [3.63, 3.8) is 0 Å². The highest BCUT2D eigenvalue weighted by atomic mass is 16.6. The van der Waals surface area contributed by atoms with Crippen LogP contribution in [-0.4, -0.2) is 10.8 Å². The largest absolute Gasteiger partial charge is 0.451 e. The van der Waals surface area contributed by atoms with Crippen molar-refractivity contribution in [3.8, 4) is 11.3 Å². The Balaban J connectivity index is 1.76. The fourth-order valence-corrected chi connectivity index (χ4v) is 2.31. The van der Waals surface area contributed by atoms with Gasteiger partial charge in [-0.05, 0) is 23.8 Å². The van der Waals surface area contributed by atoms with Gasteiger partial charge in [-0.15, -0.1) is 0 Å². The van der Waals surface area contributed by atoms with E-state index in [-0.39, 0.29) is 23.1 Å². The second-order valence-electron chi connectivity index (χ2n) is 5.11. The Bertz CT molecular complexity index is 871. The summed E-state index contributed by atoms with van der Waals surface area (Å²) in [5, 5.41) is 13.8. The summed E-state index contributed by atoms with van der Waals surface area (Å²) in [6.45, 7) is 0.376. The third-order valence-electron chi connectivity index (χ3n) is 3.49. The van der Waals surface area contributed by atoms with Crippen LogP contribution in [0.25, 0.3) is 11.3 Å². The number of hydrogen-bond donors (Lipinski definition) is 1. The number of carbonyl (C=O) groups excluding carboxylic acids is 1. The van der Waals surface area contributed by atoms with E-state index in [0.29, 0.717) is 12.1 Å². The number of carbonyl (C=O) groups is 1. The zero-order valence-electron chi connectivity index (χ0n) is 12.6. The maximum atomic E-state index is 12.1. The van der Waals surface area contributed by atoms with Gasteiger partial charge in [-0.3, -0.25) is 14.9 Å². The van der Waals surface area contributed by atoms with Crippen molar-refractivity contribution < 1.29 is 14.1 Å². The second-order valence-corrected chi connectivity index (χ2v) is 5.11. The van der Waals surface area contributed by atoms with Crippen molar-refractivity contribution in [2.24, 2.45) is 0 Å². The van der Waals surface area contributed by atoms with Crippen molar-refractivity contribution in [1.29, 1.82) is 0 Å². The van der Waals surface area contributed by atoms with Gasteiger partial charge in [0.25, 0.3) is 11.6 Å². The smallest absolute Gasteiger partial charge is 0.287 e. The van der Waals surface area contributed by atoms with Crippen molar-refractivity contribution in [3.05, 3.63) is 88.2 Å². The van der Waals surface area contributed by atoms with Gasteiger partial charge in [0.1, 0.15) is 5.76 Å². The molecule has 24 heavy (non-hydrogen) atoms. The van der Waals surface area contributed by atoms with E-state index in [2.05, 4.69) is 5.32 Å². The van der Waals surface area contributed by atoms with E-state index in [4.69, 9.17) is 4.42 Å². The Labute approximate surface area is 137 Å². The first kappa shape index (κ1) is 15.5. The maximum absolute atomic E-state index is 12.1. The Morgan fingerprint density at radius 2 is 1.71 bits per heavy atom. The third kappa shape index (κ3) is 3.33. The minimum atomic E-state index is -0.479. The van der Waals surface area contributed by atoms with Crippen molar-refractivity contribution in [2.75, 3.05) is 0 Å². The molecule has 0 saturated carbocycles. The fourth-order valence-electron chi connectivity index (χ4n) is 2.31. The van der Waals surface area contributed by atoms with Crippen molar-refractivity contribution in [2.45, 2.75) is 6.54 Å². The summed E-state index contributed by atoms with van der Waals surface area (Å²) in [6.07, 6.45) is 0. The van der Waals surface area contributed by atoms with Crippen LogP contribution in [0.4, 0.5) is 5.69 Å². The molecule has 0 aliphatic carbocycles. The average Bonchev–Trinajstić information content (AvgIpc) is 3.10. The van der Waals surface area contributed by atoms with Crippen LogP contribution in [-0.2, 0) is 6.54 Å². The quantitative estimate of drug-likeness (QED) is 0.572. The number of furan rings is 1. The molecule has 0 aliphatic rings. The molecule has 0 aliphatic heterocycles. The van der Waals surface area contributed by atoms with Crippen LogP contribution in [0.5, 0.6) is 0 Å². The summed E-state index contributed by atoms with van der Waals surface area (Å²) in [4.78, 5) is 22.7. The second kappa shape index (κ2) is 6.78. The minimum Gasteiger partial charge on any atom is -0.451 e. The van der Waals surface area contributed by atoms with Crippen molar-refractivity contribution in [1.82, 2.24) is 5.32 Å². The van der Waals surface area contributed by atoms with Gasteiger partial charge < -0.3 is 9.73 Å². The normalized spacial score (nSPS) is 10.3. The van der Waals surface area contributed by atoms with Crippen LogP contribution in [0.3, 0.4) is 0 Å². The standard InChI is InChI=1S/C18H14N2O4/c21-18(19-12-13-6-2-1-3-7-13)17-11-10-16(24-17)14-8-4-5-9-15(14)20(22)23/h1-11H,12H2,(H,19,21). The number of nitro benzene ring substituents is 1. The van der Waals surface area contributed by atoms with E-state index in [1.807, 2.05) is 30.3 Å². The summed E-state index contributed by atoms with van der Waals surface area (Å²) in [6, 6.07) is 18.8. The molecule has 3 rings (SSSR count). The van der Waals surface area contributed by atoms with Gasteiger partial charge in [-0.2, -0.15) is 0 Å². The minimum absolute atomic E-state index is 0.0666. The molecule has 1 N–H and O–H groups in total. The number of benzene rings is 2. The molecular formula is C18H14N2O4. The van der Waals surface area contributed by atoms with Crippen LogP contribution < -0.4 is 5.32 Å². The first-order chi connectivity index (χ1) is 11.6. The Morgan fingerprint density at radius 1 is 1.00 bits per heavy atom. The lowest BCUT2D eigenvalue weighted by atomic mass is 10.1. The molecule has 6 heteroatoms. The van der Waals surface area contributed by atoms with Crippen LogP contribution >= 0.6 is 0 Å². The van der Waals surface area contributed by atoms with Gasteiger partial charge in [-0.1, -0.05) is 42.5 Å². The average molecular weight is 322 g/mol. The lowest BCUT2D eigenvalue weighted by Gasteiger charge is -2.03. The van der Waals surface area contributed by atoms with Crippen LogP contribution in [0.2, 0.25) is 0 Å². The molecule has 0 radical (unpaired) electrons. The molecular weight excluding hydrogens is 308 g/mol. The highest BCUT2D eigenvalue weighted by molar-refractivity contribution is 5.92. The maximum Gasteiger partial charge on any atom is 0.287 e. The first-order valence-electron chi connectivity index (χ1n) is 7.31. The van der Waals surface area contributed by atoms with Gasteiger partial charge >= 0.3 is 0 Å². The van der Waals surface area contributed by atoms with Gasteiger partial charge in [0, 0.05) is 12.6 Å². The molecule has 1 heterocycles. The van der Waals surface area contributed by atoms with E-state index < -0.39 is 4.92 Å². The van der Waals surface area contributed by atoms with Crippen LogP contribution in [0, 0.1) is 10.1 Å². The molecule has 0 atom stereocenters. The predicted molar refractivity (Wildman–Crippen MR) is 88.4 cm³/mol. The highest BCUT2D eigenvalue weighted by Gasteiger charge is 2.19. The summed E-state index contributed by atoms with van der Waals surface area (Å²) in [7, 11) is 0. The van der Waals surface area contributed by atoms with E-state index in [1.54, 1.807) is 24.3 Å². The Kier molecular flexibility index (Phi) is 4.38. The zero-order valence-corrected chi connectivity index (χ0v) is 12.6. The molecule has 0 saturated heterocycles. The highest BCUT2D eigenvalue weighted by Crippen LogP contribution is 2.30. The fraction of sp³-hybridized carbons (Fsp3) is 0.0556. The van der Waals surface area contributed by atoms with E-state index >= 15 is 0 Å². The number of hydrogen-bond acceptors (Lipinski definition) is 4. The number of nitrogens with zero attached hydrogens (tertiary/aromatic N) is 1. The lowest BCUT2D eigenvalue weighted by Crippen LogP contribution is -2.22. The first-order valence-corrected chi connectivity index (χ1v) is 7.31. The SMILES string of the molecule is O=C(NCc1ccccc1)c1ccc(-c2ccccc2[N+](=O)[O-])o1. The lowest BCUT2D eigenvalue weighted by molar-refractivity contribution is -0.384. The number of nitrogens with one attached hydrogen (secondary N) is 1. The Hall–Kier alpha value is -3.41. The monoisotopic (exact) mass is 322 g/mol.